The van der Waals surface area contributed by atoms with Crippen molar-refractivity contribution in [3.8, 4) is 28.7 Å². The molecule has 4 aliphatic rings. The summed E-state index contributed by atoms with van der Waals surface area (Å²) in [5.41, 5.74) is 6.55. The van der Waals surface area contributed by atoms with Crippen LogP contribution in [0.2, 0.25) is 0 Å². The van der Waals surface area contributed by atoms with Gasteiger partial charge in [0.1, 0.15) is 29.6 Å². The van der Waals surface area contributed by atoms with E-state index in [2.05, 4.69) is 190 Å². The van der Waals surface area contributed by atoms with Crippen LogP contribution in [-0.2, 0) is 25.4 Å². The van der Waals surface area contributed by atoms with E-state index in [4.69, 9.17) is 42.6 Å². The minimum atomic E-state index is -5.45. The fourth-order valence-electron chi connectivity index (χ4n) is 19.8. The molecule has 0 spiro atoms. The summed E-state index contributed by atoms with van der Waals surface area (Å²) in [4.78, 5) is 0. The van der Waals surface area contributed by atoms with Crippen molar-refractivity contribution in [2.24, 2.45) is 57.2 Å². The van der Waals surface area contributed by atoms with Gasteiger partial charge in [0.15, 0.2) is 30.5 Å². The molecule has 6 aromatic carbocycles. The SMILES string of the molecule is CCC(C)c1ccc(OC(CC(C)C)OC(C)C)cc1.CCC(C)c1ccc(OC(CC2(C(C)(C)C)CCCCC2)OCCOc2c(F)c(F)c(F)c(F)c2F)cc1.CCC(C)c1ccc(OC(CCCC(C2CCCCC2)(C2CCCCC2)C2CCCCC2)OCC(C(F)(F)F)C(F)(F)F)cc1.CCC(C)c1cccc(OC(CC(C)(C)Cc2ccccc2)OCC(C)C)c1. The van der Waals surface area contributed by atoms with Gasteiger partial charge in [0.25, 0.3) is 0 Å². The van der Waals surface area contributed by atoms with Gasteiger partial charge in [-0.15, -0.1) is 0 Å². The predicted octanol–water partition coefficient (Wildman–Crippen LogP) is 34.3. The van der Waals surface area contributed by atoms with E-state index in [1.165, 1.54) is 125 Å². The molecule has 0 heterocycles. The van der Waals surface area contributed by atoms with Crippen molar-refractivity contribution >= 4 is 0 Å². The third-order valence-corrected chi connectivity index (χ3v) is 28.4. The van der Waals surface area contributed by atoms with Crippen LogP contribution in [0.25, 0.3) is 0 Å². The van der Waals surface area contributed by atoms with Gasteiger partial charge in [-0.05, 0) is 261 Å². The Bertz CT molecular complexity index is 4020. The zero-order chi connectivity index (χ0) is 96.3. The number of alkyl halides is 6. The molecule has 738 valence electrons. The fourth-order valence-corrected chi connectivity index (χ4v) is 19.8. The van der Waals surface area contributed by atoms with E-state index in [0.29, 0.717) is 84.2 Å². The Morgan fingerprint density at radius 3 is 1.23 bits per heavy atom. The van der Waals surface area contributed by atoms with Gasteiger partial charge < -0.3 is 42.6 Å². The highest BCUT2D eigenvalue weighted by Crippen LogP contribution is 2.60. The second-order valence-electron chi connectivity index (χ2n) is 41.2. The van der Waals surface area contributed by atoms with Gasteiger partial charge in [-0.25, -0.2) is 13.2 Å². The van der Waals surface area contributed by atoms with Crippen LogP contribution < -0.4 is 23.7 Å². The molecule has 4 aliphatic carbocycles. The maximum atomic E-state index is 14.0. The van der Waals surface area contributed by atoms with Gasteiger partial charge in [0.2, 0.25) is 35.4 Å². The molecule has 10 rings (SSSR count). The standard InChI is InChI=1S/C37H56F6O2.C30H39F5O3.C26H38O2.C18H30O2/c1-3-27(2)28-21-23-32(24-22-28)45-34(44-26-33(36(38,39)40)37(41,42)43)20-13-25-35(29-14-7-4-8-15-29,30-16-9-5-10-17-30)31-18-11-6-12-19-31;1-6-19(2)20-10-12-21(13-11-20)38-22(18-30(29(3,4)5)14-8-7-9-15-30)36-16-17-37-28-26(34)24(32)23(31)25(33)27(28)35;1-7-21(4)23-14-11-15-24(16-23)28-25(27-19-20(2)3)18-26(5,6)17-22-12-9-8-10-13-22;1-7-15(6)16-8-10-17(11-9-16)20-18(12-13(2)3)19-14(4)5/h21-24,27,29-31,33-34H,3-20,25-26H2,1-2H3;10-13,19,22H,6-9,14-18H2,1-5H3;8-16,20-21,25H,7,17-19H2,1-6H3;8-11,13-15,18H,7,12H2,1-6H3. The first-order valence-corrected chi connectivity index (χ1v) is 49.9. The van der Waals surface area contributed by atoms with Crippen molar-refractivity contribution in [1.82, 2.24) is 0 Å². The number of halogens is 11. The molecule has 20 heteroatoms. The molecule has 8 atom stereocenters. The number of ether oxygens (including phenoxy) is 9. The van der Waals surface area contributed by atoms with Crippen LogP contribution in [0.4, 0.5) is 48.3 Å². The molecule has 0 aliphatic heterocycles. The highest BCUT2D eigenvalue weighted by atomic mass is 19.4. The number of hydrogen-bond acceptors (Lipinski definition) is 9. The summed E-state index contributed by atoms with van der Waals surface area (Å²) in [7, 11) is 0. The Morgan fingerprint density at radius 1 is 0.397 bits per heavy atom. The first-order chi connectivity index (χ1) is 62.0. The normalized spacial score (nSPS) is 17.7. The fraction of sp³-hybridized carbons (Fsp3) is 0.676. The van der Waals surface area contributed by atoms with Gasteiger partial charge in [0.05, 0.1) is 25.9 Å². The molecule has 8 unspecified atom stereocenters. The molecule has 0 amide bonds. The zero-order valence-electron chi connectivity index (χ0n) is 82.9. The van der Waals surface area contributed by atoms with Gasteiger partial charge in [-0.3, -0.25) is 0 Å². The minimum absolute atomic E-state index is 0.0231. The first kappa shape index (κ1) is 111. The van der Waals surface area contributed by atoms with E-state index < -0.39 is 78.9 Å². The number of benzene rings is 6. The molecule has 4 fully saturated rings. The lowest BCUT2D eigenvalue weighted by molar-refractivity contribution is -0.301. The van der Waals surface area contributed by atoms with E-state index in [-0.39, 0.29) is 53.4 Å². The first-order valence-electron chi connectivity index (χ1n) is 49.9. The summed E-state index contributed by atoms with van der Waals surface area (Å²) in [5.74, 6) is -7.53. The predicted molar refractivity (Wildman–Crippen MR) is 508 cm³/mol. The average Bonchev–Trinajstić information content (AvgIpc) is 0.754. The van der Waals surface area contributed by atoms with Crippen LogP contribution in [0.3, 0.4) is 0 Å². The number of rotatable bonds is 44. The number of hydrogen-bond donors (Lipinski definition) is 0. The van der Waals surface area contributed by atoms with Gasteiger partial charge in [-0.2, -0.15) is 35.1 Å². The summed E-state index contributed by atoms with van der Waals surface area (Å²) in [6, 6.07) is 42.7. The van der Waals surface area contributed by atoms with E-state index in [1.807, 2.05) is 56.3 Å². The quantitative estimate of drug-likeness (QED) is 0.0122. The molecule has 131 heavy (non-hydrogen) atoms. The van der Waals surface area contributed by atoms with Gasteiger partial charge >= 0.3 is 12.4 Å². The largest absolute Gasteiger partial charge is 0.485 e. The van der Waals surface area contributed by atoms with Crippen molar-refractivity contribution in [3.05, 3.63) is 184 Å². The Labute approximate surface area is 781 Å². The van der Waals surface area contributed by atoms with Crippen molar-refractivity contribution in [2.45, 2.75) is 398 Å². The molecule has 0 bridgehead atoms. The Hall–Kier alpha value is -6.61. The summed E-state index contributed by atoms with van der Waals surface area (Å²) in [6.45, 7) is 40.1. The van der Waals surface area contributed by atoms with Crippen LogP contribution >= 0.6 is 0 Å². The van der Waals surface area contributed by atoms with Crippen molar-refractivity contribution in [1.29, 1.82) is 0 Å². The summed E-state index contributed by atoms with van der Waals surface area (Å²) >= 11 is 0. The lowest BCUT2D eigenvalue weighted by Gasteiger charge is -2.55. The maximum absolute atomic E-state index is 14.0. The molecular formula is C111H163F11O9. The van der Waals surface area contributed by atoms with Crippen LogP contribution in [-0.4, -0.2) is 70.0 Å². The highest BCUT2D eigenvalue weighted by Gasteiger charge is 2.57. The topological polar surface area (TPSA) is 83.1 Å². The summed E-state index contributed by atoms with van der Waals surface area (Å²) < 4.78 is 202. The maximum Gasteiger partial charge on any atom is 0.402 e. The smallest absolute Gasteiger partial charge is 0.402 e. The van der Waals surface area contributed by atoms with E-state index in [0.717, 1.165) is 94.1 Å². The monoisotopic (exact) mass is 1850 g/mol. The Morgan fingerprint density at radius 2 is 0.809 bits per heavy atom. The molecule has 0 saturated heterocycles. The Kier molecular flexibility index (Phi) is 46.2. The second-order valence-corrected chi connectivity index (χ2v) is 41.2. The Balaban J connectivity index is 0.000000248. The second kappa shape index (κ2) is 54.4. The van der Waals surface area contributed by atoms with E-state index in [9.17, 15) is 48.3 Å². The lowest BCUT2D eigenvalue weighted by Crippen LogP contribution is -2.47. The molecule has 4 saturated carbocycles. The third kappa shape index (κ3) is 35.8. The van der Waals surface area contributed by atoms with Gasteiger partial charge in [-0.1, -0.05) is 274 Å². The molecule has 9 nitrogen and oxygen atoms in total. The highest BCUT2D eigenvalue weighted by molar-refractivity contribution is 5.34. The average molecular weight is 1850 g/mol. The van der Waals surface area contributed by atoms with Crippen LogP contribution in [0.5, 0.6) is 28.7 Å². The van der Waals surface area contributed by atoms with E-state index >= 15 is 0 Å². The molecule has 0 N–H and O–H groups in total. The van der Waals surface area contributed by atoms with Crippen LogP contribution in [0.15, 0.2) is 127 Å². The van der Waals surface area contributed by atoms with Crippen LogP contribution in [0, 0.1) is 86.3 Å². The summed E-state index contributed by atoms with van der Waals surface area (Å²) in [5, 5.41) is 0. The van der Waals surface area contributed by atoms with Gasteiger partial charge in [0, 0.05) is 25.7 Å². The van der Waals surface area contributed by atoms with E-state index in [1.54, 1.807) is 12.1 Å². The van der Waals surface area contributed by atoms with Crippen LogP contribution in [0.1, 0.15) is 376 Å². The zero-order valence-corrected chi connectivity index (χ0v) is 82.9. The minimum Gasteiger partial charge on any atom is -0.485 e. The lowest BCUT2D eigenvalue weighted by atomic mass is 9.50. The third-order valence-electron chi connectivity index (χ3n) is 28.4. The van der Waals surface area contributed by atoms with Crippen molar-refractivity contribution in [3.63, 3.8) is 0 Å². The molecular weight excluding hydrogens is 1690 g/mol. The molecule has 0 radical (unpaired) electrons. The molecule has 0 aromatic heterocycles. The molecule has 6 aromatic rings. The summed E-state index contributed by atoms with van der Waals surface area (Å²) in [6.07, 6.45) is 20.7. The van der Waals surface area contributed by atoms with Crippen molar-refractivity contribution in [2.75, 3.05) is 26.4 Å². The van der Waals surface area contributed by atoms with Crippen molar-refractivity contribution < 1.29 is 90.9 Å².